The fourth-order valence-corrected chi connectivity index (χ4v) is 3.04. The summed E-state index contributed by atoms with van der Waals surface area (Å²) in [4.78, 5) is 11.1. The van der Waals surface area contributed by atoms with Crippen molar-refractivity contribution in [1.29, 1.82) is 0 Å². The van der Waals surface area contributed by atoms with Crippen LogP contribution >= 0.6 is 0 Å². The van der Waals surface area contributed by atoms with Crippen LogP contribution in [0.1, 0.15) is 85.0 Å². The lowest BCUT2D eigenvalue weighted by Crippen LogP contribution is -2.49. The van der Waals surface area contributed by atoms with Crippen molar-refractivity contribution >= 4 is 0 Å². The Hall–Kier alpha value is -0.200. The first-order valence-corrected chi connectivity index (χ1v) is 10.5. The highest BCUT2D eigenvalue weighted by Gasteiger charge is 2.29. The maximum Gasteiger partial charge on any atom is 0.170 e. The first kappa shape index (κ1) is 24.8. The van der Waals surface area contributed by atoms with Crippen LogP contribution in [-0.4, -0.2) is 56.0 Å². The summed E-state index contributed by atoms with van der Waals surface area (Å²) >= 11 is 0. The second-order valence-electron chi connectivity index (χ2n) is 6.94. The number of aliphatic hydroxyl groups is 1. The van der Waals surface area contributed by atoms with Gasteiger partial charge >= 0.3 is 0 Å². The summed E-state index contributed by atoms with van der Waals surface area (Å²) in [6.45, 7) is 8.63. The number of aliphatic hydroxyl groups excluding tert-OH is 1. The van der Waals surface area contributed by atoms with E-state index >= 15 is 0 Å². The van der Waals surface area contributed by atoms with Crippen LogP contribution in [0.3, 0.4) is 0 Å². The Morgan fingerprint density at radius 3 is 1.72 bits per heavy atom. The largest absolute Gasteiger partial charge is 0.385 e. The van der Waals surface area contributed by atoms with Gasteiger partial charge in [0.2, 0.25) is 0 Å². The van der Waals surface area contributed by atoms with Gasteiger partial charge in [0.25, 0.3) is 0 Å². The van der Waals surface area contributed by atoms with E-state index in [0.717, 1.165) is 13.0 Å². The van der Waals surface area contributed by atoms with Gasteiger partial charge in [0.05, 0.1) is 6.61 Å². The zero-order valence-corrected chi connectivity index (χ0v) is 17.3. The summed E-state index contributed by atoms with van der Waals surface area (Å²) < 4.78 is 5.60. The van der Waals surface area contributed by atoms with Gasteiger partial charge in [-0.25, -0.2) is 0 Å². The molecule has 0 rings (SSSR count). The maximum atomic E-state index is 10.1. The van der Waals surface area contributed by atoms with E-state index in [1.54, 1.807) is 0 Å². The molecule has 0 aliphatic rings. The lowest BCUT2D eigenvalue weighted by molar-refractivity contribution is -1.24. The molecule has 0 spiro atoms. The summed E-state index contributed by atoms with van der Waals surface area (Å²) in [5.74, 6) is 0. The molecule has 0 amide bonds. The van der Waals surface area contributed by atoms with E-state index in [-0.39, 0.29) is 4.81 Å². The molecular weight excluding hydrogens is 318 g/mol. The van der Waals surface area contributed by atoms with Crippen molar-refractivity contribution in [2.75, 3.05) is 40.0 Å². The summed E-state index contributed by atoms with van der Waals surface area (Å²) in [5.41, 5.74) is 0. The number of nitrogens with zero attached hydrogens (tertiary/aromatic N) is 1. The lowest BCUT2D eigenvalue weighted by Gasteiger charge is -2.29. The van der Waals surface area contributed by atoms with Crippen LogP contribution in [0.25, 0.3) is 0 Å². The Bertz CT molecular complexity index is 270. The molecule has 0 aromatic rings. The molecule has 1 N–H and O–H groups in total. The molecule has 152 valence electrons. The first-order valence-electron chi connectivity index (χ1n) is 10.5. The Kier molecular flexibility index (Phi) is 17.1. The number of hydrogen-bond donors (Lipinski definition) is 1. The predicted molar refractivity (Wildman–Crippen MR) is 103 cm³/mol. The van der Waals surface area contributed by atoms with Crippen LogP contribution < -0.4 is 0 Å². The number of rotatable bonds is 19. The van der Waals surface area contributed by atoms with Crippen molar-refractivity contribution in [1.82, 2.24) is 0 Å². The first-order chi connectivity index (χ1) is 12.1. The second-order valence-corrected chi connectivity index (χ2v) is 6.94. The fourth-order valence-electron chi connectivity index (χ4n) is 3.04. The molecule has 0 heterocycles. The predicted octanol–water partition coefficient (Wildman–Crippen LogP) is 4.63. The van der Waals surface area contributed by atoms with Crippen LogP contribution in [0.4, 0.5) is 0 Å². The SMILES string of the molecule is CCCCCCCCCCCCOCC(O)C[N+](C)(OCC)OCC. The average Bonchev–Trinajstić information content (AvgIpc) is 2.56. The normalized spacial score (nSPS) is 13.3. The quantitative estimate of drug-likeness (QED) is 0.207. The van der Waals surface area contributed by atoms with E-state index in [1.165, 1.54) is 57.8 Å². The second kappa shape index (κ2) is 17.2. The molecule has 0 aliphatic heterocycles. The molecule has 0 radical (unpaired) electrons. The van der Waals surface area contributed by atoms with Crippen molar-refractivity contribution in [3.8, 4) is 0 Å². The van der Waals surface area contributed by atoms with E-state index in [1.807, 2.05) is 20.9 Å². The van der Waals surface area contributed by atoms with Gasteiger partial charge in [0.15, 0.2) is 6.54 Å². The fraction of sp³-hybridized carbons (Fsp3) is 1.00. The minimum Gasteiger partial charge on any atom is -0.385 e. The number of hydrogen-bond acceptors (Lipinski definition) is 4. The molecule has 0 bridgehead atoms. The number of hydroxylamine groups is 4. The topological polar surface area (TPSA) is 47.9 Å². The molecule has 0 aromatic carbocycles. The highest BCUT2D eigenvalue weighted by atomic mass is 17.0. The van der Waals surface area contributed by atoms with Crippen LogP contribution in [-0.2, 0) is 14.4 Å². The molecule has 1 unspecified atom stereocenters. The van der Waals surface area contributed by atoms with Gasteiger partial charge in [0.1, 0.15) is 26.4 Å². The minimum absolute atomic E-state index is 0.0320. The Balaban J connectivity index is 3.49. The van der Waals surface area contributed by atoms with E-state index < -0.39 is 6.10 Å². The zero-order chi connectivity index (χ0) is 18.8. The summed E-state index contributed by atoms with van der Waals surface area (Å²) in [5, 5.41) is 10.1. The smallest absolute Gasteiger partial charge is 0.170 e. The molecule has 0 saturated heterocycles. The van der Waals surface area contributed by atoms with Crippen molar-refractivity contribution < 1.29 is 24.3 Å². The number of quaternary nitrogens is 1. The molecule has 0 fully saturated rings. The molecule has 1 atom stereocenters. The van der Waals surface area contributed by atoms with E-state index in [4.69, 9.17) is 14.4 Å². The van der Waals surface area contributed by atoms with Gasteiger partial charge in [0, 0.05) is 6.61 Å². The third-order valence-electron chi connectivity index (χ3n) is 4.30. The van der Waals surface area contributed by atoms with E-state index in [2.05, 4.69) is 6.92 Å². The Morgan fingerprint density at radius 2 is 1.24 bits per heavy atom. The summed E-state index contributed by atoms with van der Waals surface area (Å²) in [6, 6.07) is 0. The van der Waals surface area contributed by atoms with Crippen molar-refractivity contribution in [3.63, 3.8) is 0 Å². The van der Waals surface area contributed by atoms with Crippen LogP contribution in [0, 0.1) is 0 Å². The molecule has 0 saturated carbocycles. The van der Waals surface area contributed by atoms with Gasteiger partial charge in [-0.3, -0.25) is 0 Å². The van der Waals surface area contributed by atoms with Crippen molar-refractivity contribution in [2.45, 2.75) is 91.1 Å². The van der Waals surface area contributed by atoms with Crippen molar-refractivity contribution in [2.24, 2.45) is 0 Å². The number of likely N-dealkylation sites (N-methyl/N-ethyl adjacent to an activating group) is 1. The van der Waals surface area contributed by atoms with Gasteiger partial charge in [-0.05, 0) is 25.1 Å². The number of unbranched alkanes of at least 4 members (excludes halogenated alkanes) is 9. The van der Waals surface area contributed by atoms with Crippen LogP contribution in [0.15, 0.2) is 0 Å². The zero-order valence-electron chi connectivity index (χ0n) is 17.3. The highest BCUT2D eigenvalue weighted by Crippen LogP contribution is 2.11. The van der Waals surface area contributed by atoms with Gasteiger partial charge in [-0.2, -0.15) is 9.68 Å². The molecular formula is C20H44NO4+. The molecule has 0 aliphatic carbocycles. The van der Waals surface area contributed by atoms with Crippen LogP contribution in [0.2, 0.25) is 0 Å². The van der Waals surface area contributed by atoms with Crippen molar-refractivity contribution in [3.05, 3.63) is 0 Å². The van der Waals surface area contributed by atoms with Gasteiger partial charge in [-0.1, -0.05) is 64.7 Å². The molecule has 25 heavy (non-hydrogen) atoms. The van der Waals surface area contributed by atoms with E-state index in [0.29, 0.717) is 26.4 Å². The van der Waals surface area contributed by atoms with E-state index in [9.17, 15) is 5.11 Å². The molecule has 0 aromatic heterocycles. The van der Waals surface area contributed by atoms with Crippen LogP contribution in [0.5, 0.6) is 0 Å². The molecule has 5 nitrogen and oxygen atoms in total. The lowest BCUT2D eigenvalue weighted by atomic mass is 10.1. The Labute approximate surface area is 156 Å². The summed E-state index contributed by atoms with van der Waals surface area (Å²) in [7, 11) is 1.82. The highest BCUT2D eigenvalue weighted by molar-refractivity contribution is 4.51. The number of ether oxygens (including phenoxy) is 1. The third-order valence-corrected chi connectivity index (χ3v) is 4.30. The molecule has 5 heteroatoms. The monoisotopic (exact) mass is 362 g/mol. The minimum atomic E-state index is -0.578. The van der Waals surface area contributed by atoms with Gasteiger partial charge in [-0.15, -0.1) is 0 Å². The average molecular weight is 363 g/mol. The summed E-state index contributed by atoms with van der Waals surface area (Å²) in [6.07, 6.45) is 12.6. The standard InChI is InChI=1S/C20H44NO4/c1-5-8-9-10-11-12-13-14-15-16-17-23-19-20(22)18-21(4,24-6-2)25-7-3/h20,22H,5-19H2,1-4H3/q+1. The third kappa shape index (κ3) is 15.7. The Morgan fingerprint density at radius 1 is 0.760 bits per heavy atom. The van der Waals surface area contributed by atoms with Gasteiger partial charge < -0.3 is 9.84 Å². The maximum absolute atomic E-state index is 10.1.